The minimum absolute atomic E-state index is 0.172. The Morgan fingerprint density at radius 2 is 1.60 bits per heavy atom. The summed E-state index contributed by atoms with van der Waals surface area (Å²) in [4.78, 5) is 0. The topological polar surface area (TPSA) is 40.5 Å². The maximum atomic E-state index is 10.2. The summed E-state index contributed by atoms with van der Waals surface area (Å²) in [6.07, 6.45) is 10.3. The summed E-state index contributed by atoms with van der Waals surface area (Å²) >= 11 is 0. The second-order valence-corrected chi connectivity index (χ2v) is 6.19. The van der Waals surface area contributed by atoms with Crippen LogP contribution in [0.25, 0.3) is 0 Å². The molecular weight excluding hydrogens is 188 g/mol. The van der Waals surface area contributed by atoms with Gasteiger partial charge in [0.15, 0.2) is 5.79 Å². The van der Waals surface area contributed by atoms with Gasteiger partial charge in [0, 0.05) is 12.3 Å². The molecule has 2 heteroatoms. The zero-order chi connectivity index (χ0) is 10.5. The minimum Gasteiger partial charge on any atom is -0.365 e. The molecule has 3 fully saturated rings. The largest absolute Gasteiger partial charge is 0.365 e. The van der Waals surface area contributed by atoms with Crippen molar-refractivity contribution < 1.29 is 10.2 Å². The molecule has 3 saturated carbocycles. The standard InChI is InChI=1S/C13H22O2/c14-13(15)6-2-1-3-11(13)12-7-4-10(9-12)5-8-12/h10-11,14-15H,1-9H2. The van der Waals surface area contributed by atoms with Crippen LogP contribution in [-0.2, 0) is 0 Å². The van der Waals surface area contributed by atoms with Gasteiger partial charge in [-0.05, 0) is 56.3 Å². The lowest BCUT2D eigenvalue weighted by Gasteiger charge is -2.46. The number of hydrogen-bond acceptors (Lipinski definition) is 2. The highest BCUT2D eigenvalue weighted by atomic mass is 16.5. The van der Waals surface area contributed by atoms with Crippen molar-refractivity contribution in [3.63, 3.8) is 0 Å². The van der Waals surface area contributed by atoms with Crippen molar-refractivity contribution in [2.24, 2.45) is 17.3 Å². The van der Waals surface area contributed by atoms with Gasteiger partial charge in [-0.1, -0.05) is 6.42 Å². The number of aliphatic hydroxyl groups is 2. The molecule has 0 amide bonds. The van der Waals surface area contributed by atoms with Crippen LogP contribution in [0.2, 0.25) is 0 Å². The SMILES string of the molecule is OC1(O)CCCCC1C12CCC(CC1)C2. The zero-order valence-electron chi connectivity index (χ0n) is 9.41. The van der Waals surface area contributed by atoms with Crippen LogP contribution in [-0.4, -0.2) is 16.0 Å². The highest BCUT2D eigenvalue weighted by Crippen LogP contribution is 2.62. The fourth-order valence-electron chi connectivity index (χ4n) is 4.66. The van der Waals surface area contributed by atoms with Crippen molar-refractivity contribution in [1.82, 2.24) is 0 Å². The van der Waals surface area contributed by atoms with Crippen LogP contribution in [0.5, 0.6) is 0 Å². The molecule has 0 aromatic rings. The van der Waals surface area contributed by atoms with Gasteiger partial charge in [-0.2, -0.15) is 0 Å². The summed E-state index contributed by atoms with van der Waals surface area (Å²) in [5.74, 6) is -0.272. The fourth-order valence-corrected chi connectivity index (χ4v) is 4.66. The maximum Gasteiger partial charge on any atom is 0.165 e. The summed E-state index contributed by atoms with van der Waals surface area (Å²) in [7, 11) is 0. The van der Waals surface area contributed by atoms with Gasteiger partial charge in [-0.15, -0.1) is 0 Å². The summed E-state index contributed by atoms with van der Waals surface area (Å²) < 4.78 is 0. The third-order valence-electron chi connectivity index (χ3n) is 5.38. The molecular formula is C13H22O2. The van der Waals surface area contributed by atoms with E-state index in [0.29, 0.717) is 11.8 Å². The minimum atomic E-state index is -1.35. The van der Waals surface area contributed by atoms with E-state index in [-0.39, 0.29) is 5.92 Å². The lowest BCUT2D eigenvalue weighted by molar-refractivity contribution is -0.244. The molecule has 0 radical (unpaired) electrons. The second kappa shape index (κ2) is 3.21. The normalized spacial score (nSPS) is 48.4. The molecule has 15 heavy (non-hydrogen) atoms. The molecule has 3 rings (SSSR count). The predicted octanol–water partition coefficient (Wildman–Crippen LogP) is 2.44. The Labute approximate surface area is 91.7 Å². The molecule has 2 nitrogen and oxygen atoms in total. The van der Waals surface area contributed by atoms with Crippen LogP contribution < -0.4 is 0 Å². The molecule has 0 aliphatic heterocycles. The third-order valence-corrected chi connectivity index (χ3v) is 5.38. The first kappa shape index (κ1) is 10.1. The van der Waals surface area contributed by atoms with E-state index in [0.717, 1.165) is 18.8 Å². The van der Waals surface area contributed by atoms with E-state index in [4.69, 9.17) is 0 Å². The average molecular weight is 210 g/mol. The van der Waals surface area contributed by atoms with Crippen LogP contribution >= 0.6 is 0 Å². The van der Waals surface area contributed by atoms with E-state index in [1.165, 1.54) is 38.5 Å². The van der Waals surface area contributed by atoms with Crippen molar-refractivity contribution in [2.45, 2.75) is 63.6 Å². The molecule has 3 aliphatic rings. The van der Waals surface area contributed by atoms with Crippen LogP contribution in [0.4, 0.5) is 0 Å². The van der Waals surface area contributed by atoms with Crippen molar-refractivity contribution in [2.75, 3.05) is 0 Å². The summed E-state index contributed by atoms with van der Waals surface area (Å²) in [5, 5.41) is 20.3. The van der Waals surface area contributed by atoms with Gasteiger partial charge in [0.25, 0.3) is 0 Å². The van der Waals surface area contributed by atoms with Crippen molar-refractivity contribution in [3.05, 3.63) is 0 Å². The highest BCUT2D eigenvalue weighted by molar-refractivity contribution is 5.03. The Bertz CT molecular complexity index is 251. The molecule has 0 heterocycles. The Hall–Kier alpha value is -0.0800. The molecule has 1 atom stereocenters. The Kier molecular flexibility index (Phi) is 2.16. The van der Waals surface area contributed by atoms with Crippen molar-refractivity contribution in [1.29, 1.82) is 0 Å². The number of hydrogen-bond donors (Lipinski definition) is 2. The lowest BCUT2D eigenvalue weighted by Crippen LogP contribution is -2.48. The van der Waals surface area contributed by atoms with Gasteiger partial charge in [0.2, 0.25) is 0 Å². The lowest BCUT2D eigenvalue weighted by atomic mass is 9.64. The summed E-state index contributed by atoms with van der Waals surface area (Å²) in [6.45, 7) is 0. The van der Waals surface area contributed by atoms with Crippen LogP contribution in [0.1, 0.15) is 57.8 Å². The van der Waals surface area contributed by atoms with E-state index in [9.17, 15) is 10.2 Å². The molecule has 0 saturated heterocycles. The quantitative estimate of drug-likeness (QED) is 0.653. The van der Waals surface area contributed by atoms with Gasteiger partial charge in [-0.3, -0.25) is 0 Å². The molecule has 86 valence electrons. The fraction of sp³-hybridized carbons (Fsp3) is 1.00. The van der Waals surface area contributed by atoms with Gasteiger partial charge >= 0.3 is 0 Å². The molecule has 0 aromatic heterocycles. The van der Waals surface area contributed by atoms with Crippen LogP contribution in [0.3, 0.4) is 0 Å². The predicted molar refractivity (Wildman–Crippen MR) is 58.1 cm³/mol. The Balaban J connectivity index is 1.85. The van der Waals surface area contributed by atoms with E-state index >= 15 is 0 Å². The van der Waals surface area contributed by atoms with Gasteiger partial charge in [-0.25, -0.2) is 0 Å². The average Bonchev–Trinajstić information content (AvgIpc) is 2.77. The van der Waals surface area contributed by atoms with Gasteiger partial charge in [0.1, 0.15) is 0 Å². The van der Waals surface area contributed by atoms with E-state index in [1.54, 1.807) is 0 Å². The first-order chi connectivity index (χ1) is 7.12. The van der Waals surface area contributed by atoms with Crippen molar-refractivity contribution in [3.8, 4) is 0 Å². The second-order valence-electron chi connectivity index (χ2n) is 6.19. The van der Waals surface area contributed by atoms with Gasteiger partial charge in [0.05, 0.1) is 0 Å². The molecule has 2 N–H and O–H groups in total. The first-order valence-corrected chi connectivity index (χ1v) is 6.57. The number of fused-ring (bicyclic) bond motifs is 2. The zero-order valence-corrected chi connectivity index (χ0v) is 9.41. The summed E-state index contributed by atoms with van der Waals surface area (Å²) in [6, 6.07) is 0. The first-order valence-electron chi connectivity index (χ1n) is 6.57. The Morgan fingerprint density at radius 1 is 0.867 bits per heavy atom. The van der Waals surface area contributed by atoms with E-state index < -0.39 is 5.79 Å². The van der Waals surface area contributed by atoms with Crippen LogP contribution in [0.15, 0.2) is 0 Å². The van der Waals surface area contributed by atoms with Crippen LogP contribution in [0, 0.1) is 17.3 Å². The maximum absolute atomic E-state index is 10.2. The molecule has 0 spiro atoms. The molecule has 3 aliphatic carbocycles. The van der Waals surface area contributed by atoms with E-state index in [2.05, 4.69) is 0 Å². The number of rotatable bonds is 1. The third kappa shape index (κ3) is 1.45. The molecule has 0 aromatic carbocycles. The highest BCUT2D eigenvalue weighted by Gasteiger charge is 2.55. The van der Waals surface area contributed by atoms with Gasteiger partial charge < -0.3 is 10.2 Å². The van der Waals surface area contributed by atoms with E-state index in [1.807, 2.05) is 0 Å². The molecule has 2 bridgehead atoms. The molecule has 1 unspecified atom stereocenters. The monoisotopic (exact) mass is 210 g/mol. The Morgan fingerprint density at radius 3 is 2.13 bits per heavy atom. The smallest absolute Gasteiger partial charge is 0.165 e. The van der Waals surface area contributed by atoms with Crippen molar-refractivity contribution >= 4 is 0 Å². The summed E-state index contributed by atoms with van der Waals surface area (Å²) in [5.41, 5.74) is 0.314.